The third-order valence-corrected chi connectivity index (χ3v) is 8.45. The highest BCUT2D eigenvalue weighted by molar-refractivity contribution is 7.03. The highest BCUT2D eigenvalue weighted by atomic mass is 32.1. The molecule has 0 aliphatic carbocycles. The Hall–Kier alpha value is -5.51. The molecule has 1 atom stereocenters. The van der Waals surface area contributed by atoms with Crippen LogP contribution >= 0.6 is 11.5 Å². The molecule has 6 bridgehead atoms. The number of nitrogens with one attached hydrogen (secondary N) is 2. The molecule has 4 aromatic rings. The third kappa shape index (κ3) is 7.88. The molecular formula is C32H35N7O8S. The first-order valence-corrected chi connectivity index (χ1v) is 16.1. The van der Waals surface area contributed by atoms with E-state index in [4.69, 9.17) is 24.0 Å². The van der Waals surface area contributed by atoms with Crippen molar-refractivity contribution in [3.63, 3.8) is 0 Å². The van der Waals surface area contributed by atoms with Crippen LogP contribution in [0.25, 0.3) is 0 Å². The van der Waals surface area contributed by atoms with Gasteiger partial charge in [-0.1, -0.05) is 12.1 Å². The summed E-state index contributed by atoms with van der Waals surface area (Å²) < 4.78 is 17.4. The Labute approximate surface area is 279 Å². The van der Waals surface area contributed by atoms with Gasteiger partial charge < -0.3 is 39.3 Å². The summed E-state index contributed by atoms with van der Waals surface area (Å²) in [5, 5.41) is 14.2. The average molecular weight is 678 g/mol. The number of aromatic nitrogens is 3. The number of amides is 4. The molecule has 1 unspecified atom stereocenters. The molecule has 0 saturated heterocycles. The number of furan rings is 1. The molecule has 252 valence electrons. The van der Waals surface area contributed by atoms with Crippen LogP contribution in [0.4, 0.5) is 0 Å². The molecule has 2 aliphatic heterocycles. The molecule has 16 heteroatoms. The van der Waals surface area contributed by atoms with Gasteiger partial charge in [-0.3, -0.25) is 24.0 Å². The maximum atomic E-state index is 13.8. The summed E-state index contributed by atoms with van der Waals surface area (Å²) in [6.45, 7) is 2.81. The van der Waals surface area contributed by atoms with Crippen LogP contribution in [-0.4, -0.2) is 98.3 Å². The number of carbonyl (C=O) groups excluding carboxylic acids is 4. The lowest BCUT2D eigenvalue weighted by Gasteiger charge is -2.35. The number of hydrogen-bond acceptors (Lipinski definition) is 10. The Morgan fingerprint density at radius 3 is 2.62 bits per heavy atom. The van der Waals surface area contributed by atoms with Gasteiger partial charge in [-0.05, 0) is 48.6 Å². The number of ether oxygens (including phenoxy) is 1. The Kier molecular flexibility index (Phi) is 11.2. The van der Waals surface area contributed by atoms with Crippen LogP contribution in [0.2, 0.25) is 0 Å². The van der Waals surface area contributed by atoms with Gasteiger partial charge in [-0.15, -0.1) is 0 Å². The Balaban J connectivity index is 0.00000145. The van der Waals surface area contributed by atoms with Crippen LogP contribution in [0.3, 0.4) is 0 Å². The molecule has 3 aromatic heterocycles. The highest BCUT2D eigenvalue weighted by Gasteiger charge is 2.37. The molecular weight excluding hydrogens is 642 g/mol. The van der Waals surface area contributed by atoms with Crippen molar-refractivity contribution in [1.82, 2.24) is 34.4 Å². The highest BCUT2D eigenvalue weighted by Crippen LogP contribution is 2.37. The summed E-state index contributed by atoms with van der Waals surface area (Å²) in [5.41, 5.74) is 3.49. The molecule has 0 fully saturated rings. The van der Waals surface area contributed by atoms with Crippen molar-refractivity contribution in [3.8, 4) is 5.75 Å². The quantitative estimate of drug-likeness (QED) is 0.264. The van der Waals surface area contributed by atoms with Crippen LogP contribution < -0.4 is 15.4 Å². The van der Waals surface area contributed by atoms with E-state index in [0.717, 1.165) is 28.4 Å². The van der Waals surface area contributed by atoms with Crippen molar-refractivity contribution in [1.29, 1.82) is 0 Å². The van der Waals surface area contributed by atoms with E-state index in [1.165, 1.54) is 17.4 Å². The van der Waals surface area contributed by atoms with E-state index >= 15 is 0 Å². The molecule has 0 spiro atoms. The Bertz CT molecular complexity index is 1750. The number of imidazole rings is 1. The number of nitrogens with zero attached hydrogens (tertiary/aromatic N) is 5. The summed E-state index contributed by atoms with van der Waals surface area (Å²) in [7, 11) is 0. The zero-order valence-electron chi connectivity index (χ0n) is 26.2. The van der Waals surface area contributed by atoms with Crippen LogP contribution in [0, 0.1) is 6.92 Å². The molecule has 0 radical (unpaired) electrons. The van der Waals surface area contributed by atoms with Gasteiger partial charge in [0.15, 0.2) is 5.76 Å². The number of carbonyl (C=O) groups is 5. The number of hydrogen-bond donors (Lipinski definition) is 3. The number of carboxylic acid groups (broad SMARTS) is 1. The van der Waals surface area contributed by atoms with Crippen LogP contribution in [0.5, 0.6) is 5.75 Å². The van der Waals surface area contributed by atoms with Crippen molar-refractivity contribution < 1.29 is 38.2 Å². The van der Waals surface area contributed by atoms with Gasteiger partial charge in [0.05, 0.1) is 43.2 Å². The van der Waals surface area contributed by atoms with E-state index in [-0.39, 0.29) is 62.0 Å². The monoisotopic (exact) mass is 677 g/mol. The smallest absolute Gasteiger partial charge is 0.290 e. The van der Waals surface area contributed by atoms with Gasteiger partial charge in [0.1, 0.15) is 18.3 Å². The van der Waals surface area contributed by atoms with Crippen molar-refractivity contribution in [2.75, 3.05) is 39.3 Å². The summed E-state index contributed by atoms with van der Waals surface area (Å²) in [4.78, 5) is 68.8. The topological polar surface area (TPSA) is 189 Å². The van der Waals surface area contributed by atoms with Crippen molar-refractivity contribution >= 4 is 41.6 Å². The van der Waals surface area contributed by atoms with Crippen LogP contribution in [0.15, 0.2) is 58.9 Å². The van der Waals surface area contributed by atoms with Crippen molar-refractivity contribution in [2.45, 2.75) is 32.4 Å². The van der Waals surface area contributed by atoms with Crippen molar-refractivity contribution in [2.24, 2.45) is 0 Å². The van der Waals surface area contributed by atoms with Gasteiger partial charge in [0.25, 0.3) is 18.3 Å². The predicted molar refractivity (Wildman–Crippen MR) is 172 cm³/mol. The molecule has 5 heterocycles. The number of benzene rings is 1. The third-order valence-electron chi connectivity index (χ3n) is 7.86. The molecule has 2 aliphatic rings. The van der Waals surface area contributed by atoms with Gasteiger partial charge in [-0.2, -0.15) is 0 Å². The van der Waals surface area contributed by atoms with E-state index in [9.17, 15) is 19.2 Å². The van der Waals surface area contributed by atoms with E-state index in [0.29, 0.717) is 49.5 Å². The summed E-state index contributed by atoms with van der Waals surface area (Å²) in [6, 6.07) is 8.75. The van der Waals surface area contributed by atoms with E-state index < -0.39 is 6.04 Å². The van der Waals surface area contributed by atoms with Gasteiger partial charge in [0, 0.05) is 49.2 Å². The Morgan fingerprint density at radius 2 is 1.88 bits per heavy atom. The fourth-order valence-corrected chi connectivity index (χ4v) is 6.13. The zero-order valence-corrected chi connectivity index (χ0v) is 27.0. The molecule has 6 rings (SSSR count). The lowest BCUT2D eigenvalue weighted by molar-refractivity contribution is -0.123. The first-order chi connectivity index (χ1) is 23.3. The summed E-state index contributed by atoms with van der Waals surface area (Å²) in [5.74, 6) is -0.268. The largest absolute Gasteiger partial charge is 0.494 e. The maximum Gasteiger partial charge on any atom is 0.290 e. The minimum Gasteiger partial charge on any atom is -0.494 e. The lowest BCUT2D eigenvalue weighted by atomic mass is 9.94. The van der Waals surface area contributed by atoms with Gasteiger partial charge in [-0.25, -0.2) is 9.36 Å². The minimum absolute atomic E-state index is 0.00628. The van der Waals surface area contributed by atoms with Gasteiger partial charge >= 0.3 is 0 Å². The normalized spacial score (nSPS) is 17.1. The predicted octanol–water partition coefficient (Wildman–Crippen LogP) is 1.89. The molecule has 4 amide bonds. The first kappa shape index (κ1) is 33.8. The maximum absolute atomic E-state index is 13.8. The second-order valence-electron chi connectivity index (χ2n) is 11.0. The second-order valence-corrected chi connectivity index (χ2v) is 11.7. The number of fused-ring (bicyclic) bond motifs is 3. The average Bonchev–Trinajstić information content (AvgIpc) is 3.85. The number of rotatable bonds is 2. The van der Waals surface area contributed by atoms with Gasteiger partial charge in [0.2, 0.25) is 11.8 Å². The van der Waals surface area contributed by atoms with E-state index in [1.54, 1.807) is 27.2 Å². The van der Waals surface area contributed by atoms with Crippen LogP contribution in [-0.2, 0) is 27.3 Å². The fraction of sp³-hybridized carbons (Fsp3) is 0.344. The molecule has 15 nitrogen and oxygen atoms in total. The van der Waals surface area contributed by atoms with Crippen LogP contribution in [0.1, 0.15) is 55.9 Å². The first-order valence-electron chi connectivity index (χ1n) is 15.2. The number of aryl methyl sites for hydroxylation is 1. The zero-order chi connectivity index (χ0) is 34.0. The van der Waals surface area contributed by atoms with E-state index in [2.05, 4.69) is 15.0 Å². The SMILES string of the molecule is Cc1ccoc1C(=O)N1CCc2c3ncn2CC(=O)NCCN(C(=O)c2cnsc2)CC(=O)NCCCOc2cccc(c2)C31.O=CO. The second kappa shape index (κ2) is 15.9. The summed E-state index contributed by atoms with van der Waals surface area (Å²) >= 11 is 1.15. The molecule has 1 aromatic carbocycles. The summed E-state index contributed by atoms with van der Waals surface area (Å²) in [6.07, 6.45) is 5.62. The molecule has 3 N–H and O–H groups in total. The molecule has 0 saturated carbocycles. The van der Waals surface area contributed by atoms with E-state index in [1.807, 2.05) is 31.2 Å². The standard InChI is InChI=1S/C31H33N7O6S.CH2O2/c1-20-7-13-44-29(20)31(42)38-10-6-24-27-28(38)21-4-2-5-23(14-21)43-12-3-8-32-25(39)16-36(30(41)22-15-35-45-18-22)11-9-33-26(40)17-37(24)19-34-27;2-1-3/h2,4-5,7,13-15,18-19,28H,3,6,8-12,16-17H2,1H3,(H,32,39)(H,33,40);1H,(H,2,3). The minimum atomic E-state index is -0.533. The van der Waals surface area contributed by atoms with Crippen molar-refractivity contribution in [3.05, 3.63) is 88.3 Å². The Morgan fingerprint density at radius 1 is 1.08 bits per heavy atom. The molecule has 48 heavy (non-hydrogen) atoms. The fourth-order valence-electron chi connectivity index (χ4n) is 5.62. The lowest BCUT2D eigenvalue weighted by Crippen LogP contribution is -2.45.